The average molecular weight is 188 g/mol. The molecule has 1 aliphatic carbocycles. The van der Waals surface area contributed by atoms with Gasteiger partial charge in [-0.15, -0.1) is 0 Å². The molecule has 1 aromatic carbocycles. The minimum Gasteiger partial charge on any atom is -0.300 e. The molecular weight excluding hydrogens is 172 g/mol. The highest BCUT2D eigenvalue weighted by atomic mass is 16.1. The summed E-state index contributed by atoms with van der Waals surface area (Å²) in [5.74, 6) is 1.45. The molecule has 0 spiro atoms. The number of carbonyl (C=O) groups is 1. The summed E-state index contributed by atoms with van der Waals surface area (Å²) >= 11 is 0. The van der Waals surface area contributed by atoms with Crippen molar-refractivity contribution in [3.8, 4) is 0 Å². The first-order chi connectivity index (χ1) is 6.75. The van der Waals surface area contributed by atoms with E-state index in [2.05, 4.69) is 31.2 Å². The molecule has 1 aromatic rings. The summed E-state index contributed by atoms with van der Waals surface area (Å²) in [5, 5.41) is 0. The first kappa shape index (κ1) is 9.45. The first-order valence-corrected chi connectivity index (χ1v) is 5.32. The zero-order valence-corrected chi connectivity index (χ0v) is 8.57. The number of hydrogen-bond acceptors (Lipinski definition) is 1. The van der Waals surface area contributed by atoms with E-state index >= 15 is 0 Å². The van der Waals surface area contributed by atoms with Gasteiger partial charge in [-0.05, 0) is 23.8 Å². The van der Waals surface area contributed by atoms with Crippen LogP contribution in [0, 0.1) is 5.92 Å². The fourth-order valence-corrected chi connectivity index (χ4v) is 2.38. The number of Topliss-reactive ketones (excluding diaryl/α,β-unsaturated/α-hetero) is 1. The van der Waals surface area contributed by atoms with E-state index in [1.165, 1.54) is 5.56 Å². The molecule has 0 unspecified atom stereocenters. The Balaban J connectivity index is 2.15. The Kier molecular flexibility index (Phi) is 2.67. The zero-order valence-electron chi connectivity index (χ0n) is 8.57. The van der Waals surface area contributed by atoms with E-state index in [1.54, 1.807) is 0 Å². The molecule has 1 nitrogen and oxygen atoms in total. The van der Waals surface area contributed by atoms with Gasteiger partial charge in [-0.1, -0.05) is 37.3 Å². The van der Waals surface area contributed by atoms with Crippen LogP contribution in [0.5, 0.6) is 0 Å². The third kappa shape index (κ3) is 2.03. The van der Waals surface area contributed by atoms with Crippen molar-refractivity contribution in [2.24, 2.45) is 5.92 Å². The lowest BCUT2D eigenvalue weighted by Gasteiger charge is -2.25. The maximum absolute atomic E-state index is 11.5. The molecule has 1 fully saturated rings. The van der Waals surface area contributed by atoms with Crippen molar-refractivity contribution in [3.63, 3.8) is 0 Å². The van der Waals surface area contributed by atoms with Crippen molar-refractivity contribution < 1.29 is 4.79 Å². The van der Waals surface area contributed by atoms with E-state index in [9.17, 15) is 4.79 Å². The average Bonchev–Trinajstić information content (AvgIpc) is 2.18. The Labute approximate surface area is 85.1 Å². The summed E-state index contributed by atoms with van der Waals surface area (Å²) in [6.07, 6.45) is 2.69. The number of benzene rings is 1. The summed E-state index contributed by atoms with van der Waals surface area (Å²) < 4.78 is 0. The largest absolute Gasteiger partial charge is 0.300 e. The lowest BCUT2D eigenvalue weighted by Crippen LogP contribution is -2.19. The van der Waals surface area contributed by atoms with E-state index in [4.69, 9.17) is 0 Å². The topological polar surface area (TPSA) is 17.1 Å². The van der Waals surface area contributed by atoms with Crippen LogP contribution >= 0.6 is 0 Å². The molecule has 0 aliphatic heterocycles. The molecule has 0 N–H and O–H groups in total. The molecule has 0 bridgehead atoms. The van der Waals surface area contributed by atoms with Crippen LogP contribution in [-0.2, 0) is 4.79 Å². The van der Waals surface area contributed by atoms with Crippen LogP contribution in [0.3, 0.4) is 0 Å². The fourth-order valence-electron chi connectivity index (χ4n) is 2.38. The van der Waals surface area contributed by atoms with Crippen molar-refractivity contribution in [2.45, 2.75) is 32.1 Å². The Bertz CT molecular complexity index is 315. The quantitative estimate of drug-likeness (QED) is 0.661. The van der Waals surface area contributed by atoms with Gasteiger partial charge in [0.05, 0.1) is 0 Å². The van der Waals surface area contributed by atoms with Gasteiger partial charge in [-0.2, -0.15) is 0 Å². The molecule has 1 heteroatoms. The second kappa shape index (κ2) is 3.95. The van der Waals surface area contributed by atoms with Gasteiger partial charge < -0.3 is 0 Å². The van der Waals surface area contributed by atoms with Crippen molar-refractivity contribution >= 4 is 5.78 Å². The van der Waals surface area contributed by atoms with Crippen LogP contribution in [-0.4, -0.2) is 5.78 Å². The van der Waals surface area contributed by atoms with Gasteiger partial charge in [0.2, 0.25) is 0 Å². The molecule has 0 aromatic heterocycles. The maximum Gasteiger partial charge on any atom is 0.133 e. The second-order valence-electron chi connectivity index (χ2n) is 4.40. The van der Waals surface area contributed by atoms with Gasteiger partial charge >= 0.3 is 0 Å². The van der Waals surface area contributed by atoms with Crippen LogP contribution in [0.1, 0.15) is 37.7 Å². The van der Waals surface area contributed by atoms with Crippen LogP contribution < -0.4 is 0 Å². The van der Waals surface area contributed by atoms with Gasteiger partial charge in [0.1, 0.15) is 5.78 Å². The highest BCUT2D eigenvalue weighted by Gasteiger charge is 2.25. The molecule has 0 heterocycles. The van der Waals surface area contributed by atoms with Crippen molar-refractivity contribution in [2.75, 3.05) is 0 Å². The normalized spacial score (nSPS) is 27.6. The van der Waals surface area contributed by atoms with Crippen molar-refractivity contribution in [1.82, 2.24) is 0 Å². The maximum atomic E-state index is 11.5. The van der Waals surface area contributed by atoms with Gasteiger partial charge in [0, 0.05) is 12.8 Å². The monoisotopic (exact) mass is 188 g/mol. The van der Waals surface area contributed by atoms with Crippen molar-refractivity contribution in [1.29, 1.82) is 0 Å². The smallest absolute Gasteiger partial charge is 0.133 e. The predicted molar refractivity (Wildman–Crippen MR) is 57.2 cm³/mol. The van der Waals surface area contributed by atoms with Crippen LogP contribution in [0.15, 0.2) is 30.3 Å². The van der Waals surface area contributed by atoms with Gasteiger partial charge in [0.25, 0.3) is 0 Å². The Morgan fingerprint density at radius 3 is 2.50 bits per heavy atom. The molecule has 0 amide bonds. The van der Waals surface area contributed by atoms with Crippen LogP contribution in [0.2, 0.25) is 0 Å². The second-order valence-corrected chi connectivity index (χ2v) is 4.40. The first-order valence-electron chi connectivity index (χ1n) is 5.32. The van der Waals surface area contributed by atoms with Gasteiger partial charge in [-0.3, -0.25) is 4.79 Å². The summed E-state index contributed by atoms with van der Waals surface area (Å²) in [5.41, 5.74) is 1.33. The Morgan fingerprint density at radius 2 is 1.86 bits per heavy atom. The molecule has 14 heavy (non-hydrogen) atoms. The zero-order chi connectivity index (χ0) is 9.97. The molecule has 0 radical (unpaired) electrons. The van der Waals surface area contributed by atoms with Crippen LogP contribution in [0.25, 0.3) is 0 Å². The minimum atomic E-state index is 0.428. The number of ketones is 1. The molecule has 74 valence electrons. The molecule has 1 aliphatic rings. The third-order valence-corrected chi connectivity index (χ3v) is 3.01. The van der Waals surface area contributed by atoms with Gasteiger partial charge in [-0.25, -0.2) is 0 Å². The summed E-state index contributed by atoms with van der Waals surface area (Å²) in [6, 6.07) is 10.4. The van der Waals surface area contributed by atoms with E-state index in [0.29, 0.717) is 17.6 Å². The summed E-state index contributed by atoms with van der Waals surface area (Å²) in [7, 11) is 0. The van der Waals surface area contributed by atoms with E-state index in [0.717, 1.165) is 19.3 Å². The SMILES string of the molecule is C[C@@H]1CC(=O)C[C@H](c2ccccc2)C1. The molecule has 1 saturated carbocycles. The summed E-state index contributed by atoms with van der Waals surface area (Å²) in [4.78, 5) is 11.5. The number of rotatable bonds is 1. The van der Waals surface area contributed by atoms with Crippen LogP contribution in [0.4, 0.5) is 0 Å². The fraction of sp³-hybridized carbons (Fsp3) is 0.462. The van der Waals surface area contributed by atoms with Gasteiger partial charge in [0.15, 0.2) is 0 Å². The third-order valence-electron chi connectivity index (χ3n) is 3.01. The van der Waals surface area contributed by atoms with E-state index in [-0.39, 0.29) is 0 Å². The number of carbonyl (C=O) groups excluding carboxylic acids is 1. The van der Waals surface area contributed by atoms with E-state index < -0.39 is 0 Å². The predicted octanol–water partition coefficient (Wildman–Crippen LogP) is 3.16. The summed E-state index contributed by atoms with van der Waals surface area (Å²) in [6.45, 7) is 2.17. The molecule has 2 rings (SSSR count). The lowest BCUT2D eigenvalue weighted by atomic mass is 9.78. The highest BCUT2D eigenvalue weighted by Crippen LogP contribution is 2.33. The number of hydrogen-bond donors (Lipinski definition) is 0. The van der Waals surface area contributed by atoms with E-state index in [1.807, 2.05) is 6.07 Å². The Hall–Kier alpha value is -1.11. The lowest BCUT2D eigenvalue weighted by molar-refractivity contribution is -0.121. The Morgan fingerprint density at radius 1 is 1.14 bits per heavy atom. The molecular formula is C13H16O. The van der Waals surface area contributed by atoms with Crippen molar-refractivity contribution in [3.05, 3.63) is 35.9 Å². The molecule has 2 atom stereocenters. The standard InChI is InChI=1S/C13H16O/c1-10-7-12(9-13(14)8-10)11-5-3-2-4-6-11/h2-6,10,12H,7-9H2,1H3/t10-,12+/m0/s1. The highest BCUT2D eigenvalue weighted by molar-refractivity contribution is 5.80. The molecule has 0 saturated heterocycles. The minimum absolute atomic E-state index is 0.428.